The molecule has 2 aromatic carbocycles. The van der Waals surface area contributed by atoms with Crippen LogP contribution in [0.5, 0.6) is 5.75 Å². The van der Waals surface area contributed by atoms with E-state index < -0.39 is 30.4 Å². The van der Waals surface area contributed by atoms with Gasteiger partial charge in [0.15, 0.2) is 0 Å². The lowest BCUT2D eigenvalue weighted by Gasteiger charge is -2.11. The van der Waals surface area contributed by atoms with Crippen molar-refractivity contribution in [3.8, 4) is 17.0 Å². The predicted octanol–water partition coefficient (Wildman–Crippen LogP) is 5.82. The molecule has 4 rings (SSSR count). The summed E-state index contributed by atoms with van der Waals surface area (Å²) in [6.45, 7) is -1.70. The Labute approximate surface area is 193 Å². The summed E-state index contributed by atoms with van der Waals surface area (Å²) in [6, 6.07) is 10.1. The number of nitrogens with one attached hydrogen (secondary N) is 1. The number of alkyl halides is 6. The second-order valence-electron chi connectivity index (χ2n) is 7.75. The van der Waals surface area contributed by atoms with Crippen molar-refractivity contribution in [1.29, 1.82) is 0 Å². The molecule has 0 spiro atoms. The van der Waals surface area contributed by atoms with Crippen molar-refractivity contribution in [2.24, 2.45) is 0 Å². The summed E-state index contributed by atoms with van der Waals surface area (Å²) in [5, 5.41) is 13.6. The first kappa shape index (κ1) is 24.2. The van der Waals surface area contributed by atoms with Gasteiger partial charge in [0.25, 0.3) is 0 Å². The average Bonchev–Trinajstić information content (AvgIpc) is 3.34. The van der Waals surface area contributed by atoms with Crippen LogP contribution in [0.1, 0.15) is 16.8 Å². The number of aliphatic carboxylic acids is 1. The minimum atomic E-state index is -4.58. The van der Waals surface area contributed by atoms with Gasteiger partial charge in [-0.2, -0.15) is 31.4 Å². The third-order valence-electron chi connectivity index (χ3n) is 5.17. The normalized spacial score (nSPS) is 12.3. The Morgan fingerprint density at radius 1 is 1.03 bits per heavy atom. The molecule has 2 heterocycles. The number of carboxylic acids is 1. The Balaban J connectivity index is 1.57. The van der Waals surface area contributed by atoms with E-state index in [2.05, 4.69) is 10.1 Å². The quantitative estimate of drug-likeness (QED) is 0.316. The second-order valence-corrected chi connectivity index (χ2v) is 7.75. The molecule has 184 valence electrons. The largest absolute Gasteiger partial charge is 0.487 e. The topological polar surface area (TPSA) is 80.1 Å². The SMILES string of the molecule is O=C(O)Cc1c[nH]c2cc(OCc3cc(-c4ccc(C(F)(F)F)cc4)nn3CC(F)(F)F)ccc12. The van der Waals surface area contributed by atoms with Crippen LogP contribution in [0, 0.1) is 0 Å². The number of H-pyrrole nitrogens is 1. The number of fused-ring (bicyclic) bond motifs is 1. The molecule has 0 radical (unpaired) electrons. The summed E-state index contributed by atoms with van der Waals surface area (Å²) in [6.07, 6.45) is -7.75. The van der Waals surface area contributed by atoms with Gasteiger partial charge < -0.3 is 14.8 Å². The molecule has 0 saturated heterocycles. The van der Waals surface area contributed by atoms with Crippen LogP contribution in [-0.4, -0.2) is 32.0 Å². The molecule has 0 atom stereocenters. The van der Waals surface area contributed by atoms with Gasteiger partial charge in [-0.15, -0.1) is 0 Å². The molecule has 2 N–H and O–H groups in total. The third-order valence-corrected chi connectivity index (χ3v) is 5.17. The van der Waals surface area contributed by atoms with Crippen molar-refractivity contribution >= 4 is 16.9 Å². The van der Waals surface area contributed by atoms with Crippen molar-refractivity contribution in [3.05, 3.63) is 71.5 Å². The van der Waals surface area contributed by atoms with E-state index >= 15 is 0 Å². The molecule has 0 bridgehead atoms. The zero-order chi connectivity index (χ0) is 25.4. The summed E-state index contributed by atoms with van der Waals surface area (Å²) < 4.78 is 84.0. The fraction of sp³-hybridized carbons (Fsp3) is 0.217. The maximum atomic E-state index is 13.1. The fourth-order valence-electron chi connectivity index (χ4n) is 3.57. The number of ether oxygens (including phenoxy) is 1. The first-order chi connectivity index (χ1) is 16.4. The van der Waals surface area contributed by atoms with Crippen molar-refractivity contribution in [2.45, 2.75) is 31.9 Å². The first-order valence-electron chi connectivity index (χ1n) is 10.1. The average molecular weight is 497 g/mol. The Morgan fingerprint density at radius 3 is 2.37 bits per heavy atom. The van der Waals surface area contributed by atoms with Crippen LogP contribution < -0.4 is 4.74 Å². The molecular formula is C23H17F6N3O3. The van der Waals surface area contributed by atoms with E-state index in [-0.39, 0.29) is 30.0 Å². The maximum Gasteiger partial charge on any atom is 0.416 e. The van der Waals surface area contributed by atoms with Crippen molar-refractivity contribution in [1.82, 2.24) is 14.8 Å². The number of halogens is 6. The molecule has 0 saturated carbocycles. The molecule has 2 aromatic heterocycles. The number of hydrogen-bond acceptors (Lipinski definition) is 3. The van der Waals surface area contributed by atoms with E-state index in [9.17, 15) is 31.1 Å². The lowest BCUT2D eigenvalue weighted by Crippen LogP contribution is -2.21. The monoisotopic (exact) mass is 497 g/mol. The Kier molecular flexibility index (Phi) is 6.22. The number of rotatable bonds is 7. The van der Waals surface area contributed by atoms with Crippen molar-refractivity contribution in [2.75, 3.05) is 0 Å². The third kappa shape index (κ3) is 5.76. The van der Waals surface area contributed by atoms with Gasteiger partial charge in [-0.25, -0.2) is 0 Å². The predicted molar refractivity (Wildman–Crippen MR) is 113 cm³/mol. The van der Waals surface area contributed by atoms with Crippen LogP contribution in [0.3, 0.4) is 0 Å². The summed E-state index contributed by atoms with van der Waals surface area (Å²) in [5.74, 6) is -0.676. The van der Waals surface area contributed by atoms with Gasteiger partial charge in [-0.3, -0.25) is 9.48 Å². The summed E-state index contributed by atoms with van der Waals surface area (Å²) in [4.78, 5) is 13.9. The lowest BCUT2D eigenvalue weighted by atomic mass is 10.1. The van der Waals surface area contributed by atoms with Gasteiger partial charge in [-0.05, 0) is 35.9 Å². The van der Waals surface area contributed by atoms with Gasteiger partial charge in [0.2, 0.25) is 0 Å². The highest BCUT2D eigenvalue weighted by atomic mass is 19.4. The molecule has 4 aromatic rings. The molecule has 0 aliphatic heterocycles. The van der Waals surface area contributed by atoms with Crippen LogP contribution in [-0.2, 0) is 30.5 Å². The minimum Gasteiger partial charge on any atom is -0.487 e. The number of carboxylic acid groups (broad SMARTS) is 1. The van der Waals surface area contributed by atoms with Crippen LogP contribution in [0.15, 0.2) is 54.7 Å². The molecule has 0 unspecified atom stereocenters. The number of benzene rings is 2. The van der Waals surface area contributed by atoms with Crippen LogP contribution in [0.25, 0.3) is 22.2 Å². The van der Waals surface area contributed by atoms with E-state index in [1.807, 2.05) is 0 Å². The van der Waals surface area contributed by atoms with Crippen molar-refractivity contribution in [3.63, 3.8) is 0 Å². The van der Waals surface area contributed by atoms with E-state index in [0.29, 0.717) is 26.9 Å². The van der Waals surface area contributed by atoms with E-state index in [1.165, 1.54) is 6.07 Å². The van der Waals surface area contributed by atoms with E-state index in [4.69, 9.17) is 9.84 Å². The highest BCUT2D eigenvalue weighted by molar-refractivity contribution is 5.87. The smallest absolute Gasteiger partial charge is 0.416 e. The second kappa shape index (κ2) is 9.01. The number of carbonyl (C=O) groups is 1. The standard InChI is InChI=1S/C23H17F6N3O3/c24-22(25,26)12-32-16(8-19(31-32)13-1-3-15(4-2-13)23(27,28)29)11-35-17-5-6-18-14(7-21(33)34)10-30-20(18)9-17/h1-6,8-10,30H,7,11-12H2,(H,33,34). The first-order valence-corrected chi connectivity index (χ1v) is 10.1. The van der Waals surface area contributed by atoms with Crippen LogP contribution in [0.2, 0.25) is 0 Å². The van der Waals surface area contributed by atoms with Gasteiger partial charge in [0.1, 0.15) is 18.9 Å². The molecule has 0 amide bonds. The fourth-order valence-corrected chi connectivity index (χ4v) is 3.57. The highest BCUT2D eigenvalue weighted by Gasteiger charge is 2.31. The zero-order valence-corrected chi connectivity index (χ0v) is 17.7. The number of aromatic amines is 1. The minimum absolute atomic E-state index is 0.0652. The number of hydrogen-bond donors (Lipinski definition) is 2. The Hall–Kier alpha value is -3.96. The lowest BCUT2D eigenvalue weighted by molar-refractivity contribution is -0.143. The maximum absolute atomic E-state index is 13.1. The number of aromatic nitrogens is 3. The summed E-state index contributed by atoms with van der Waals surface area (Å²) >= 11 is 0. The molecule has 35 heavy (non-hydrogen) atoms. The van der Waals surface area contributed by atoms with Gasteiger partial charge >= 0.3 is 18.3 Å². The Bertz CT molecular complexity index is 1350. The highest BCUT2D eigenvalue weighted by Crippen LogP contribution is 2.31. The Morgan fingerprint density at radius 2 is 1.74 bits per heavy atom. The molecule has 12 heteroatoms. The van der Waals surface area contributed by atoms with Crippen molar-refractivity contribution < 1.29 is 41.0 Å². The molecular weight excluding hydrogens is 480 g/mol. The van der Waals surface area contributed by atoms with Crippen LogP contribution in [0.4, 0.5) is 26.3 Å². The number of nitrogens with zero attached hydrogens (tertiary/aromatic N) is 2. The molecule has 6 nitrogen and oxygen atoms in total. The summed E-state index contributed by atoms with van der Waals surface area (Å²) in [5.41, 5.74) is 0.635. The van der Waals surface area contributed by atoms with Crippen LogP contribution >= 0.6 is 0 Å². The van der Waals surface area contributed by atoms with Gasteiger partial charge in [0.05, 0.1) is 23.4 Å². The van der Waals surface area contributed by atoms with E-state index in [0.717, 1.165) is 24.3 Å². The zero-order valence-electron chi connectivity index (χ0n) is 17.7. The van der Waals surface area contributed by atoms with Gasteiger partial charge in [-0.1, -0.05) is 12.1 Å². The van der Waals surface area contributed by atoms with E-state index in [1.54, 1.807) is 24.4 Å². The van der Waals surface area contributed by atoms with Gasteiger partial charge in [0, 0.05) is 28.7 Å². The molecule has 0 aliphatic rings. The summed E-state index contributed by atoms with van der Waals surface area (Å²) in [7, 11) is 0. The molecule has 0 aliphatic carbocycles. The molecule has 0 fully saturated rings.